The minimum Gasteiger partial charge on any atom is -0.359 e. The summed E-state index contributed by atoms with van der Waals surface area (Å²) in [6.45, 7) is 1.93. The quantitative estimate of drug-likeness (QED) is 0.680. The van der Waals surface area contributed by atoms with Gasteiger partial charge >= 0.3 is 0 Å². The van der Waals surface area contributed by atoms with Crippen molar-refractivity contribution >= 4 is 23.2 Å². The van der Waals surface area contributed by atoms with Crippen LogP contribution in [0.3, 0.4) is 0 Å². The van der Waals surface area contributed by atoms with E-state index in [1.807, 2.05) is 18.2 Å². The summed E-state index contributed by atoms with van der Waals surface area (Å²) in [5.41, 5.74) is 0.739. The van der Waals surface area contributed by atoms with Gasteiger partial charge in [-0.15, -0.1) is 0 Å². The number of carbonyl (C=O) groups excluding carboxylic acids is 1. The highest BCUT2D eigenvalue weighted by molar-refractivity contribution is 6.33. The van der Waals surface area contributed by atoms with Gasteiger partial charge in [-0.25, -0.2) is 0 Å². The van der Waals surface area contributed by atoms with E-state index in [2.05, 4.69) is 17.3 Å². The molecule has 0 bridgehead atoms. The van der Waals surface area contributed by atoms with Crippen LogP contribution in [-0.4, -0.2) is 48.9 Å². The van der Waals surface area contributed by atoms with E-state index in [4.69, 9.17) is 11.6 Å². The number of hydrogen-bond donors (Lipinski definition) is 1. The maximum atomic E-state index is 12.5. The molecule has 0 aromatic heterocycles. The van der Waals surface area contributed by atoms with Gasteiger partial charge in [0.2, 0.25) is 0 Å². The van der Waals surface area contributed by atoms with E-state index in [1.54, 1.807) is 24.1 Å². The molecule has 1 aromatic rings. The molecule has 1 aliphatic heterocycles. The molecular weight excluding hydrogens is 312 g/mol. The Kier molecular flexibility index (Phi) is 6.03. The molecule has 0 unspecified atom stereocenters. The second-order valence-electron chi connectivity index (χ2n) is 5.74. The van der Waals surface area contributed by atoms with Crippen LogP contribution in [0.1, 0.15) is 12.8 Å². The van der Waals surface area contributed by atoms with Crippen molar-refractivity contribution in [1.29, 1.82) is 5.26 Å². The highest BCUT2D eigenvalue weighted by atomic mass is 35.5. The first-order chi connectivity index (χ1) is 11.0. The summed E-state index contributed by atoms with van der Waals surface area (Å²) in [5.74, 6) is -0.262. The van der Waals surface area contributed by atoms with Gasteiger partial charge in [-0.3, -0.25) is 4.79 Å². The lowest BCUT2D eigenvalue weighted by atomic mass is 10.0. The normalized spacial score (nSPS) is 16.7. The van der Waals surface area contributed by atoms with Crippen LogP contribution in [0, 0.1) is 11.3 Å². The lowest BCUT2D eigenvalue weighted by Gasteiger charge is -2.35. The molecule has 1 aromatic carbocycles. The molecule has 0 aliphatic carbocycles. The number of halogens is 1. The van der Waals surface area contributed by atoms with Crippen LogP contribution in [0.15, 0.2) is 36.0 Å². The van der Waals surface area contributed by atoms with Crippen LogP contribution in [-0.2, 0) is 4.79 Å². The van der Waals surface area contributed by atoms with Gasteiger partial charge in [0.15, 0.2) is 0 Å². The minimum absolute atomic E-state index is 0.0753. The summed E-state index contributed by atoms with van der Waals surface area (Å²) >= 11 is 6.05. The zero-order valence-electron chi connectivity index (χ0n) is 13.4. The lowest BCUT2D eigenvalue weighted by molar-refractivity contribution is -0.128. The fraction of sp³-hybridized carbons (Fsp3) is 0.412. The molecule has 0 spiro atoms. The summed E-state index contributed by atoms with van der Waals surface area (Å²) in [5, 5.41) is 12.8. The van der Waals surface area contributed by atoms with Gasteiger partial charge in [-0.05, 0) is 45.1 Å². The zero-order chi connectivity index (χ0) is 16.8. The number of piperidine rings is 1. The summed E-state index contributed by atoms with van der Waals surface area (Å²) in [6, 6.07) is 9.34. The topological polar surface area (TPSA) is 59.4 Å². The van der Waals surface area contributed by atoms with E-state index in [0.29, 0.717) is 10.7 Å². The van der Waals surface area contributed by atoms with Gasteiger partial charge in [-0.1, -0.05) is 23.7 Å². The van der Waals surface area contributed by atoms with Crippen molar-refractivity contribution in [2.24, 2.45) is 0 Å². The van der Waals surface area contributed by atoms with Gasteiger partial charge in [0.05, 0.1) is 10.7 Å². The average molecular weight is 333 g/mol. The third kappa shape index (κ3) is 4.47. The Balaban J connectivity index is 2.04. The van der Waals surface area contributed by atoms with E-state index in [1.165, 1.54) is 6.20 Å². The van der Waals surface area contributed by atoms with Crippen molar-refractivity contribution in [1.82, 2.24) is 9.80 Å². The molecule has 122 valence electrons. The van der Waals surface area contributed by atoms with E-state index < -0.39 is 0 Å². The van der Waals surface area contributed by atoms with Gasteiger partial charge in [0.1, 0.15) is 11.6 Å². The second-order valence-corrected chi connectivity index (χ2v) is 6.15. The van der Waals surface area contributed by atoms with E-state index >= 15 is 0 Å². The molecule has 2 rings (SSSR count). The summed E-state index contributed by atoms with van der Waals surface area (Å²) in [7, 11) is 3.84. The van der Waals surface area contributed by atoms with Gasteiger partial charge in [0, 0.05) is 19.3 Å². The molecule has 5 nitrogen and oxygen atoms in total. The SMILES string of the molecule is CN1CCC(N(C)C(=O)/C(C#N)=C\Nc2ccccc2Cl)CC1. The van der Waals surface area contributed by atoms with Crippen LogP contribution in [0.5, 0.6) is 0 Å². The van der Waals surface area contributed by atoms with Gasteiger partial charge < -0.3 is 15.1 Å². The molecule has 1 fully saturated rings. The number of carbonyl (C=O) groups is 1. The fourth-order valence-electron chi connectivity index (χ4n) is 2.61. The second kappa shape index (κ2) is 8.00. The van der Waals surface area contributed by atoms with Crippen molar-refractivity contribution in [2.75, 3.05) is 32.5 Å². The number of hydrogen-bond acceptors (Lipinski definition) is 4. The number of likely N-dealkylation sites (N-methyl/N-ethyl adjacent to an activating group) is 1. The van der Waals surface area contributed by atoms with Crippen molar-refractivity contribution in [3.05, 3.63) is 41.1 Å². The molecule has 1 N–H and O–H groups in total. The average Bonchev–Trinajstić information content (AvgIpc) is 2.56. The Labute approximate surface area is 142 Å². The molecule has 23 heavy (non-hydrogen) atoms. The van der Waals surface area contributed by atoms with E-state index in [9.17, 15) is 10.1 Å². The summed E-state index contributed by atoms with van der Waals surface area (Å²) < 4.78 is 0. The molecule has 0 atom stereocenters. The Morgan fingerprint density at radius 2 is 2.09 bits per heavy atom. The highest BCUT2D eigenvalue weighted by Gasteiger charge is 2.25. The standard InChI is InChI=1S/C17H21ClN4O/c1-21-9-7-14(8-10-21)22(2)17(23)13(11-19)12-20-16-6-4-3-5-15(16)18/h3-6,12,14,20H,7-10H2,1-2H3/b13-12-. The number of nitrogens with zero attached hydrogens (tertiary/aromatic N) is 3. The van der Waals surface area contributed by atoms with Gasteiger partial charge in [-0.2, -0.15) is 5.26 Å². The van der Waals surface area contributed by atoms with Crippen LogP contribution >= 0.6 is 11.6 Å². The largest absolute Gasteiger partial charge is 0.359 e. The predicted molar refractivity (Wildman–Crippen MR) is 92.1 cm³/mol. The molecule has 6 heteroatoms. The van der Waals surface area contributed by atoms with E-state index in [0.717, 1.165) is 25.9 Å². The molecule has 1 saturated heterocycles. The Morgan fingerprint density at radius 3 is 2.70 bits per heavy atom. The first kappa shape index (κ1) is 17.3. The number of nitriles is 1. The zero-order valence-corrected chi connectivity index (χ0v) is 14.2. The Morgan fingerprint density at radius 1 is 1.43 bits per heavy atom. The van der Waals surface area contributed by atoms with Crippen LogP contribution in [0.25, 0.3) is 0 Å². The van der Waals surface area contributed by atoms with Crippen LogP contribution < -0.4 is 5.32 Å². The smallest absolute Gasteiger partial charge is 0.266 e. The van der Waals surface area contributed by atoms with Crippen molar-refractivity contribution < 1.29 is 4.79 Å². The van der Waals surface area contributed by atoms with Crippen LogP contribution in [0.2, 0.25) is 5.02 Å². The monoisotopic (exact) mass is 332 g/mol. The number of para-hydroxylation sites is 1. The minimum atomic E-state index is -0.262. The summed E-state index contributed by atoms with van der Waals surface area (Å²) in [6.07, 6.45) is 3.28. The number of nitrogens with one attached hydrogen (secondary N) is 1. The van der Waals surface area contributed by atoms with Gasteiger partial charge in [0.25, 0.3) is 5.91 Å². The first-order valence-corrected chi connectivity index (χ1v) is 7.97. The van der Waals surface area contributed by atoms with Crippen molar-refractivity contribution in [2.45, 2.75) is 18.9 Å². The van der Waals surface area contributed by atoms with Crippen molar-refractivity contribution in [3.63, 3.8) is 0 Å². The third-order valence-corrected chi connectivity index (χ3v) is 4.48. The Hall–Kier alpha value is -2.03. The summed E-state index contributed by atoms with van der Waals surface area (Å²) in [4.78, 5) is 16.4. The Bertz CT molecular complexity index is 630. The molecule has 1 aliphatic rings. The number of anilines is 1. The molecule has 1 amide bonds. The van der Waals surface area contributed by atoms with Crippen molar-refractivity contribution in [3.8, 4) is 6.07 Å². The first-order valence-electron chi connectivity index (χ1n) is 7.60. The van der Waals surface area contributed by atoms with E-state index in [-0.39, 0.29) is 17.5 Å². The maximum absolute atomic E-state index is 12.5. The molecule has 0 radical (unpaired) electrons. The fourth-order valence-corrected chi connectivity index (χ4v) is 2.80. The number of rotatable bonds is 4. The lowest BCUT2D eigenvalue weighted by Crippen LogP contribution is -2.44. The number of likely N-dealkylation sites (tertiary alicyclic amines) is 1. The maximum Gasteiger partial charge on any atom is 0.266 e. The highest BCUT2D eigenvalue weighted by Crippen LogP contribution is 2.21. The molecule has 1 heterocycles. The third-order valence-electron chi connectivity index (χ3n) is 4.15. The number of amides is 1. The number of benzene rings is 1. The molecular formula is C17H21ClN4O. The van der Waals surface area contributed by atoms with Crippen LogP contribution in [0.4, 0.5) is 5.69 Å². The predicted octanol–water partition coefficient (Wildman–Crippen LogP) is 2.71. The molecule has 0 saturated carbocycles.